The summed E-state index contributed by atoms with van der Waals surface area (Å²) >= 11 is 0. The van der Waals surface area contributed by atoms with Gasteiger partial charge in [0.2, 0.25) is 11.8 Å². The summed E-state index contributed by atoms with van der Waals surface area (Å²) in [6.07, 6.45) is 1.17. The van der Waals surface area contributed by atoms with E-state index in [0.29, 0.717) is 18.7 Å². The average molecular weight is 437 g/mol. The Hall–Kier alpha value is -3.68. The number of esters is 1. The summed E-state index contributed by atoms with van der Waals surface area (Å²) in [7, 11) is 1.47. The molecule has 0 bridgehead atoms. The highest BCUT2D eigenvalue weighted by Gasteiger charge is 2.26. The van der Waals surface area contributed by atoms with Crippen LogP contribution in [-0.4, -0.2) is 55.3 Å². The molecule has 168 valence electrons. The maximum atomic E-state index is 12.6. The molecule has 32 heavy (non-hydrogen) atoms. The lowest BCUT2D eigenvalue weighted by Crippen LogP contribution is -2.37. The smallest absolute Gasteiger partial charge is 0.340 e. The van der Waals surface area contributed by atoms with Crippen LogP contribution in [0.25, 0.3) is 0 Å². The van der Waals surface area contributed by atoms with Crippen molar-refractivity contribution in [3.05, 3.63) is 59.2 Å². The molecule has 1 aliphatic rings. The number of ether oxygens (including phenoxy) is 1. The first-order valence-corrected chi connectivity index (χ1v) is 10.4. The number of anilines is 2. The summed E-state index contributed by atoms with van der Waals surface area (Å²) in [5.74, 6) is -1.59. The third kappa shape index (κ3) is 5.32. The molecular formula is C24H27N3O5. The zero-order chi connectivity index (χ0) is 23.3. The van der Waals surface area contributed by atoms with Crippen molar-refractivity contribution in [2.75, 3.05) is 37.0 Å². The summed E-state index contributed by atoms with van der Waals surface area (Å²) < 4.78 is 5.18. The molecule has 1 N–H and O–H groups in total. The molecule has 8 nitrogen and oxygen atoms in total. The Kier molecular flexibility index (Phi) is 7.25. The van der Waals surface area contributed by atoms with E-state index >= 15 is 0 Å². The number of likely N-dealkylation sites (N-methyl/N-ethyl adjacent to an activating group) is 1. The highest BCUT2D eigenvalue weighted by molar-refractivity contribution is 6.04. The van der Waals surface area contributed by atoms with Gasteiger partial charge in [-0.3, -0.25) is 14.4 Å². The lowest BCUT2D eigenvalue weighted by molar-refractivity contribution is -0.136. The largest absolute Gasteiger partial charge is 0.452 e. The molecule has 2 aromatic carbocycles. The zero-order valence-electron chi connectivity index (χ0n) is 18.5. The average Bonchev–Trinajstić information content (AvgIpc) is 3.20. The Labute approximate surface area is 187 Å². The van der Waals surface area contributed by atoms with Crippen molar-refractivity contribution in [2.24, 2.45) is 0 Å². The Balaban J connectivity index is 1.56. The van der Waals surface area contributed by atoms with Gasteiger partial charge < -0.3 is 19.9 Å². The van der Waals surface area contributed by atoms with Crippen molar-refractivity contribution >= 4 is 35.1 Å². The lowest BCUT2D eigenvalue weighted by atomic mass is 10.1. The first-order valence-electron chi connectivity index (χ1n) is 10.4. The lowest BCUT2D eigenvalue weighted by Gasteiger charge is -2.20. The minimum atomic E-state index is -0.693. The normalized spacial score (nSPS) is 13.1. The van der Waals surface area contributed by atoms with Gasteiger partial charge in [0, 0.05) is 25.7 Å². The summed E-state index contributed by atoms with van der Waals surface area (Å²) in [5, 5.41) is 2.82. The summed E-state index contributed by atoms with van der Waals surface area (Å²) in [5.41, 5.74) is 3.28. The second-order valence-electron chi connectivity index (χ2n) is 7.81. The van der Waals surface area contributed by atoms with Gasteiger partial charge in [0.15, 0.2) is 6.61 Å². The molecule has 3 rings (SSSR count). The van der Waals surface area contributed by atoms with Gasteiger partial charge in [0.05, 0.1) is 17.8 Å². The number of carbonyl (C=O) groups is 4. The van der Waals surface area contributed by atoms with Crippen LogP contribution in [0, 0.1) is 13.8 Å². The molecule has 8 heteroatoms. The molecule has 0 atom stereocenters. The van der Waals surface area contributed by atoms with E-state index in [-0.39, 0.29) is 23.9 Å². The molecule has 1 fully saturated rings. The van der Waals surface area contributed by atoms with Crippen LogP contribution in [0.1, 0.15) is 34.3 Å². The molecule has 0 unspecified atom stereocenters. The topological polar surface area (TPSA) is 96.0 Å². The quantitative estimate of drug-likeness (QED) is 0.672. The van der Waals surface area contributed by atoms with Gasteiger partial charge in [0.25, 0.3) is 5.91 Å². The van der Waals surface area contributed by atoms with E-state index in [0.717, 1.165) is 23.2 Å². The van der Waals surface area contributed by atoms with Gasteiger partial charge in [-0.1, -0.05) is 30.3 Å². The van der Waals surface area contributed by atoms with E-state index < -0.39 is 18.5 Å². The SMILES string of the molecule is Cc1cccc(C)c1NC(=O)CN(C)C(=O)COC(=O)c1ccccc1N1CCCC1=O. The van der Waals surface area contributed by atoms with Crippen LogP contribution in [-0.2, 0) is 19.1 Å². The standard InChI is InChI=1S/C24H27N3O5/c1-16-8-6-9-17(2)23(16)25-20(28)14-26(3)22(30)15-32-24(31)18-10-4-5-11-19(18)27-13-7-12-21(27)29/h4-6,8-11H,7,12-15H2,1-3H3,(H,25,28). The highest BCUT2D eigenvalue weighted by Crippen LogP contribution is 2.26. The predicted octanol–water partition coefficient (Wildman–Crippen LogP) is 2.68. The first kappa shape index (κ1) is 23.0. The van der Waals surface area contributed by atoms with Gasteiger partial charge >= 0.3 is 5.97 Å². The fraction of sp³-hybridized carbons (Fsp3) is 0.333. The van der Waals surface area contributed by atoms with Crippen molar-refractivity contribution in [1.82, 2.24) is 4.90 Å². The minimum Gasteiger partial charge on any atom is -0.452 e. The number of hydrogen-bond acceptors (Lipinski definition) is 5. The number of rotatable bonds is 7. The molecule has 0 aromatic heterocycles. The van der Waals surface area contributed by atoms with Gasteiger partial charge in [-0.25, -0.2) is 4.79 Å². The third-order valence-electron chi connectivity index (χ3n) is 5.37. The number of aryl methyl sites for hydroxylation is 2. The molecule has 0 spiro atoms. The number of para-hydroxylation sites is 2. The monoisotopic (exact) mass is 437 g/mol. The highest BCUT2D eigenvalue weighted by atomic mass is 16.5. The number of amides is 3. The summed E-state index contributed by atoms with van der Waals surface area (Å²) in [6.45, 7) is 3.65. The number of hydrogen-bond donors (Lipinski definition) is 1. The van der Waals surface area contributed by atoms with E-state index in [9.17, 15) is 19.2 Å². The van der Waals surface area contributed by atoms with Crippen LogP contribution in [0.4, 0.5) is 11.4 Å². The van der Waals surface area contributed by atoms with Crippen LogP contribution in [0.3, 0.4) is 0 Å². The van der Waals surface area contributed by atoms with Crippen LogP contribution in [0.15, 0.2) is 42.5 Å². The Bertz CT molecular complexity index is 1030. The molecule has 1 saturated heterocycles. The molecule has 2 aromatic rings. The van der Waals surface area contributed by atoms with Crippen molar-refractivity contribution in [3.8, 4) is 0 Å². The van der Waals surface area contributed by atoms with E-state index in [1.54, 1.807) is 29.2 Å². The predicted molar refractivity (Wildman–Crippen MR) is 120 cm³/mol. The fourth-order valence-electron chi connectivity index (χ4n) is 3.59. The van der Waals surface area contributed by atoms with Crippen LogP contribution in [0.5, 0.6) is 0 Å². The minimum absolute atomic E-state index is 0.0454. The van der Waals surface area contributed by atoms with Crippen LogP contribution in [0.2, 0.25) is 0 Å². The Morgan fingerprint density at radius 2 is 1.75 bits per heavy atom. The van der Waals surface area contributed by atoms with E-state index in [1.165, 1.54) is 11.9 Å². The zero-order valence-corrected chi connectivity index (χ0v) is 18.5. The molecular weight excluding hydrogens is 410 g/mol. The van der Waals surface area contributed by atoms with E-state index in [4.69, 9.17) is 4.74 Å². The van der Waals surface area contributed by atoms with Gasteiger partial charge in [-0.15, -0.1) is 0 Å². The maximum Gasteiger partial charge on any atom is 0.340 e. The van der Waals surface area contributed by atoms with Crippen molar-refractivity contribution in [3.63, 3.8) is 0 Å². The number of benzene rings is 2. The summed E-state index contributed by atoms with van der Waals surface area (Å²) in [4.78, 5) is 52.2. The van der Waals surface area contributed by atoms with Crippen molar-refractivity contribution < 1.29 is 23.9 Å². The second-order valence-corrected chi connectivity index (χ2v) is 7.81. The van der Waals surface area contributed by atoms with E-state index in [1.807, 2.05) is 32.0 Å². The van der Waals surface area contributed by atoms with Gasteiger partial charge in [-0.05, 0) is 43.5 Å². The van der Waals surface area contributed by atoms with Crippen LogP contribution >= 0.6 is 0 Å². The first-order chi connectivity index (χ1) is 15.3. The third-order valence-corrected chi connectivity index (χ3v) is 5.37. The number of nitrogens with one attached hydrogen (secondary N) is 1. The Morgan fingerprint density at radius 3 is 2.41 bits per heavy atom. The van der Waals surface area contributed by atoms with Gasteiger partial charge in [0.1, 0.15) is 0 Å². The van der Waals surface area contributed by atoms with Crippen LogP contribution < -0.4 is 10.2 Å². The number of carbonyl (C=O) groups excluding carboxylic acids is 4. The fourth-order valence-corrected chi connectivity index (χ4v) is 3.59. The second kappa shape index (κ2) is 10.1. The summed E-state index contributed by atoms with van der Waals surface area (Å²) in [6, 6.07) is 12.4. The molecule has 0 aliphatic carbocycles. The molecule has 0 saturated carbocycles. The molecule has 1 aliphatic heterocycles. The van der Waals surface area contributed by atoms with Crippen molar-refractivity contribution in [1.29, 1.82) is 0 Å². The van der Waals surface area contributed by atoms with E-state index in [2.05, 4.69) is 5.32 Å². The molecule has 3 amide bonds. The molecule has 1 heterocycles. The Morgan fingerprint density at radius 1 is 1.06 bits per heavy atom. The van der Waals surface area contributed by atoms with Gasteiger partial charge in [-0.2, -0.15) is 0 Å². The number of nitrogens with zero attached hydrogens (tertiary/aromatic N) is 2. The van der Waals surface area contributed by atoms with Crippen molar-refractivity contribution in [2.45, 2.75) is 26.7 Å². The molecule has 0 radical (unpaired) electrons. The maximum absolute atomic E-state index is 12.6.